The standard InChI is InChI=1S/C20H18F2N2O4/c21-16-6-5-13(9-17(16)22)10-23(8-7-19(26)27)18(25)12-24-11-14-3-1-2-4-15(14)20(24)28/h1-6,9H,7-8,10-12H2,(H,26,27). The van der Waals surface area contributed by atoms with Crippen LogP contribution in [0.15, 0.2) is 42.5 Å². The van der Waals surface area contributed by atoms with Gasteiger partial charge in [0.05, 0.1) is 6.42 Å². The summed E-state index contributed by atoms with van der Waals surface area (Å²) in [6.45, 7) is -0.129. The minimum atomic E-state index is -1.09. The third-order valence-corrected chi connectivity index (χ3v) is 4.53. The second-order valence-electron chi connectivity index (χ2n) is 6.53. The van der Waals surface area contributed by atoms with Crippen molar-refractivity contribution in [2.45, 2.75) is 19.5 Å². The predicted molar refractivity (Wildman–Crippen MR) is 95.2 cm³/mol. The highest BCUT2D eigenvalue weighted by atomic mass is 19.2. The molecule has 0 unspecified atom stereocenters. The van der Waals surface area contributed by atoms with E-state index in [-0.39, 0.29) is 32.0 Å². The maximum atomic E-state index is 13.4. The molecule has 146 valence electrons. The van der Waals surface area contributed by atoms with Crippen molar-refractivity contribution in [1.29, 1.82) is 0 Å². The molecule has 28 heavy (non-hydrogen) atoms. The SMILES string of the molecule is O=C(O)CCN(Cc1ccc(F)c(F)c1)C(=O)CN1Cc2ccccc2C1=O. The van der Waals surface area contributed by atoms with Crippen molar-refractivity contribution in [3.63, 3.8) is 0 Å². The van der Waals surface area contributed by atoms with Crippen LogP contribution in [0.25, 0.3) is 0 Å². The van der Waals surface area contributed by atoms with E-state index in [4.69, 9.17) is 5.11 Å². The van der Waals surface area contributed by atoms with Gasteiger partial charge in [-0.3, -0.25) is 14.4 Å². The van der Waals surface area contributed by atoms with Gasteiger partial charge in [0.1, 0.15) is 6.54 Å². The molecule has 1 N–H and O–H groups in total. The van der Waals surface area contributed by atoms with E-state index >= 15 is 0 Å². The minimum absolute atomic E-state index is 0.0850. The van der Waals surface area contributed by atoms with Gasteiger partial charge in [-0.2, -0.15) is 0 Å². The molecule has 1 heterocycles. The Morgan fingerprint density at radius 3 is 2.54 bits per heavy atom. The van der Waals surface area contributed by atoms with Crippen molar-refractivity contribution >= 4 is 17.8 Å². The molecule has 1 aliphatic heterocycles. The van der Waals surface area contributed by atoms with Gasteiger partial charge < -0.3 is 14.9 Å². The van der Waals surface area contributed by atoms with E-state index in [1.54, 1.807) is 24.3 Å². The summed E-state index contributed by atoms with van der Waals surface area (Å²) in [6, 6.07) is 10.3. The number of hydrogen-bond acceptors (Lipinski definition) is 3. The third kappa shape index (κ3) is 4.33. The highest BCUT2D eigenvalue weighted by molar-refractivity contribution is 6.00. The summed E-state index contributed by atoms with van der Waals surface area (Å²) in [7, 11) is 0. The van der Waals surface area contributed by atoms with Gasteiger partial charge in [0.15, 0.2) is 11.6 Å². The lowest BCUT2D eigenvalue weighted by Crippen LogP contribution is -2.41. The zero-order chi connectivity index (χ0) is 20.3. The molecular weight excluding hydrogens is 370 g/mol. The molecule has 6 nitrogen and oxygen atoms in total. The van der Waals surface area contributed by atoms with E-state index in [9.17, 15) is 23.2 Å². The van der Waals surface area contributed by atoms with Crippen molar-refractivity contribution in [3.05, 3.63) is 70.8 Å². The van der Waals surface area contributed by atoms with Gasteiger partial charge in [0.25, 0.3) is 5.91 Å². The second kappa shape index (κ2) is 8.16. The van der Waals surface area contributed by atoms with Crippen LogP contribution in [0.2, 0.25) is 0 Å². The van der Waals surface area contributed by atoms with Gasteiger partial charge in [-0.15, -0.1) is 0 Å². The number of carboxylic acid groups (broad SMARTS) is 1. The number of halogens is 2. The van der Waals surface area contributed by atoms with Crippen LogP contribution in [-0.2, 0) is 22.7 Å². The topological polar surface area (TPSA) is 77.9 Å². The lowest BCUT2D eigenvalue weighted by atomic mass is 10.1. The number of nitrogens with zero attached hydrogens (tertiary/aromatic N) is 2. The van der Waals surface area contributed by atoms with E-state index in [1.165, 1.54) is 15.9 Å². The van der Waals surface area contributed by atoms with Crippen molar-refractivity contribution < 1.29 is 28.3 Å². The molecule has 0 spiro atoms. The van der Waals surface area contributed by atoms with E-state index in [0.29, 0.717) is 17.7 Å². The van der Waals surface area contributed by atoms with Crippen LogP contribution in [0.1, 0.15) is 27.9 Å². The summed E-state index contributed by atoms with van der Waals surface area (Å²) in [6.07, 6.45) is -0.302. The Kier molecular flexibility index (Phi) is 5.67. The smallest absolute Gasteiger partial charge is 0.305 e. The number of benzene rings is 2. The first-order valence-corrected chi connectivity index (χ1v) is 8.66. The summed E-state index contributed by atoms with van der Waals surface area (Å²) < 4.78 is 26.6. The molecule has 0 atom stereocenters. The lowest BCUT2D eigenvalue weighted by Gasteiger charge is -2.25. The zero-order valence-corrected chi connectivity index (χ0v) is 14.9. The van der Waals surface area contributed by atoms with Gasteiger partial charge in [0.2, 0.25) is 5.91 Å². The van der Waals surface area contributed by atoms with Crippen LogP contribution in [0, 0.1) is 11.6 Å². The molecule has 2 aromatic rings. The summed E-state index contributed by atoms with van der Waals surface area (Å²) in [5.74, 6) is -3.88. The van der Waals surface area contributed by atoms with Crippen molar-refractivity contribution in [3.8, 4) is 0 Å². The molecule has 0 aromatic heterocycles. The molecule has 0 bridgehead atoms. The fourth-order valence-electron chi connectivity index (χ4n) is 3.09. The van der Waals surface area contributed by atoms with Gasteiger partial charge in [-0.25, -0.2) is 8.78 Å². The Bertz CT molecular complexity index is 932. The normalized spacial score (nSPS) is 12.8. The Morgan fingerprint density at radius 2 is 1.86 bits per heavy atom. The maximum Gasteiger partial charge on any atom is 0.305 e. The molecular formula is C20H18F2N2O4. The molecule has 1 aliphatic rings. The number of amides is 2. The summed E-state index contributed by atoms with van der Waals surface area (Å²) in [5.41, 5.74) is 1.68. The van der Waals surface area contributed by atoms with Gasteiger partial charge in [-0.05, 0) is 29.3 Å². The number of hydrogen-bond donors (Lipinski definition) is 1. The Morgan fingerprint density at radius 1 is 1.11 bits per heavy atom. The predicted octanol–water partition coefficient (Wildman–Crippen LogP) is 2.42. The third-order valence-electron chi connectivity index (χ3n) is 4.53. The molecule has 0 radical (unpaired) electrons. The van der Waals surface area contributed by atoms with Gasteiger partial charge in [-0.1, -0.05) is 24.3 Å². The van der Waals surface area contributed by atoms with Gasteiger partial charge >= 0.3 is 5.97 Å². The highest BCUT2D eigenvalue weighted by Gasteiger charge is 2.29. The average Bonchev–Trinajstić information content (AvgIpc) is 2.97. The fourth-order valence-corrected chi connectivity index (χ4v) is 3.09. The Balaban J connectivity index is 1.72. The molecule has 8 heteroatoms. The zero-order valence-electron chi connectivity index (χ0n) is 14.9. The van der Waals surface area contributed by atoms with Crippen molar-refractivity contribution in [2.24, 2.45) is 0 Å². The van der Waals surface area contributed by atoms with E-state index in [0.717, 1.165) is 17.7 Å². The van der Waals surface area contributed by atoms with Gasteiger partial charge in [0, 0.05) is 25.2 Å². The van der Waals surface area contributed by atoms with E-state index in [2.05, 4.69) is 0 Å². The highest BCUT2D eigenvalue weighted by Crippen LogP contribution is 2.22. The van der Waals surface area contributed by atoms with E-state index in [1.807, 2.05) is 0 Å². The molecule has 0 fully saturated rings. The monoisotopic (exact) mass is 388 g/mol. The summed E-state index contributed by atoms with van der Waals surface area (Å²) in [4.78, 5) is 38.7. The molecule has 2 amide bonds. The maximum absolute atomic E-state index is 13.4. The first kappa shape index (κ1) is 19.5. The van der Waals surface area contributed by atoms with Crippen LogP contribution in [0.5, 0.6) is 0 Å². The largest absolute Gasteiger partial charge is 0.481 e. The average molecular weight is 388 g/mol. The van der Waals surface area contributed by atoms with Crippen LogP contribution in [0.4, 0.5) is 8.78 Å². The lowest BCUT2D eigenvalue weighted by molar-refractivity contribution is -0.139. The summed E-state index contributed by atoms with van der Waals surface area (Å²) in [5, 5.41) is 8.92. The number of rotatable bonds is 7. The molecule has 3 rings (SSSR count). The quantitative estimate of drug-likeness (QED) is 0.790. The molecule has 2 aromatic carbocycles. The first-order valence-electron chi connectivity index (χ1n) is 8.66. The molecule has 0 aliphatic carbocycles. The molecule has 0 saturated heterocycles. The Labute approximate surface area is 160 Å². The fraction of sp³-hybridized carbons (Fsp3) is 0.250. The molecule has 0 saturated carbocycles. The number of carboxylic acids is 1. The van der Waals surface area contributed by atoms with Crippen LogP contribution < -0.4 is 0 Å². The number of aliphatic carboxylic acids is 1. The first-order chi connectivity index (χ1) is 13.3. The minimum Gasteiger partial charge on any atom is -0.481 e. The van der Waals surface area contributed by atoms with E-state index < -0.39 is 23.5 Å². The second-order valence-corrected chi connectivity index (χ2v) is 6.53. The number of fused-ring (bicyclic) bond motifs is 1. The van der Waals surface area contributed by atoms with Crippen molar-refractivity contribution in [2.75, 3.05) is 13.1 Å². The number of carbonyl (C=O) groups excluding carboxylic acids is 2. The Hall–Kier alpha value is -3.29. The van der Waals surface area contributed by atoms with Crippen LogP contribution >= 0.6 is 0 Å². The van der Waals surface area contributed by atoms with Crippen molar-refractivity contribution in [1.82, 2.24) is 9.80 Å². The summed E-state index contributed by atoms with van der Waals surface area (Å²) >= 11 is 0. The van der Waals surface area contributed by atoms with Crippen LogP contribution in [-0.4, -0.2) is 45.8 Å². The van der Waals surface area contributed by atoms with Crippen LogP contribution in [0.3, 0.4) is 0 Å². The number of carbonyl (C=O) groups is 3.